The number of aromatic nitrogens is 2. The van der Waals surface area contributed by atoms with Gasteiger partial charge in [-0.1, -0.05) is 71.1 Å². The van der Waals surface area contributed by atoms with Crippen molar-refractivity contribution in [1.29, 1.82) is 0 Å². The van der Waals surface area contributed by atoms with Crippen LogP contribution in [0.25, 0.3) is 0 Å². The zero-order chi connectivity index (χ0) is 21.8. The second kappa shape index (κ2) is 9.40. The summed E-state index contributed by atoms with van der Waals surface area (Å²) in [5.41, 5.74) is 2.56. The van der Waals surface area contributed by atoms with Crippen molar-refractivity contribution in [2.75, 3.05) is 22.5 Å². The normalized spacial score (nSPS) is 15.8. The topological polar surface area (TPSA) is 92.3 Å². The molecule has 3 aromatic rings. The van der Waals surface area contributed by atoms with Crippen molar-refractivity contribution >= 4 is 51.5 Å². The first-order chi connectivity index (χ1) is 15.0. The summed E-state index contributed by atoms with van der Waals surface area (Å²) in [6, 6.07) is 16.7. The lowest BCUT2D eigenvalue weighted by Crippen LogP contribution is -2.28. The van der Waals surface area contributed by atoms with Crippen LogP contribution in [0.15, 0.2) is 58.9 Å². The molecule has 1 atom stereocenters. The van der Waals surface area contributed by atoms with E-state index in [1.54, 1.807) is 17.0 Å². The number of nitrogens with zero attached hydrogens (tertiary/aromatic N) is 3. The number of aryl methyl sites for hydroxylation is 1. The Balaban J connectivity index is 1.31. The van der Waals surface area contributed by atoms with E-state index in [0.717, 1.165) is 11.3 Å². The van der Waals surface area contributed by atoms with Gasteiger partial charge >= 0.3 is 0 Å². The van der Waals surface area contributed by atoms with Crippen LogP contribution in [0.2, 0.25) is 0 Å². The first kappa shape index (κ1) is 21.2. The van der Waals surface area contributed by atoms with Crippen LogP contribution in [-0.2, 0) is 9.59 Å². The Kier molecular flexibility index (Phi) is 6.43. The average Bonchev–Trinajstić information content (AvgIpc) is 3.39. The minimum Gasteiger partial charge on any atom is -0.312 e. The molecule has 0 radical (unpaired) electrons. The second-order valence-electron chi connectivity index (χ2n) is 7.18. The molecule has 1 aliphatic rings. The number of anilines is 2. The molecule has 1 fully saturated rings. The Labute approximate surface area is 187 Å². The SMILES string of the molecule is Cc1ccc(N2CC(C(=O)Nc3nnc(SCC(=O)c4ccccc4)s3)CC2=O)cc1. The molecule has 0 spiro atoms. The third-order valence-corrected chi connectivity index (χ3v) is 6.87. The van der Waals surface area contributed by atoms with Crippen LogP contribution >= 0.6 is 23.1 Å². The summed E-state index contributed by atoms with van der Waals surface area (Å²) < 4.78 is 0.600. The maximum Gasteiger partial charge on any atom is 0.231 e. The van der Waals surface area contributed by atoms with E-state index in [1.165, 1.54) is 23.1 Å². The molecule has 2 aromatic carbocycles. The molecule has 31 heavy (non-hydrogen) atoms. The van der Waals surface area contributed by atoms with E-state index in [4.69, 9.17) is 0 Å². The summed E-state index contributed by atoms with van der Waals surface area (Å²) in [6.45, 7) is 2.32. The number of ketones is 1. The number of rotatable bonds is 7. The van der Waals surface area contributed by atoms with Gasteiger partial charge in [-0.15, -0.1) is 10.2 Å². The van der Waals surface area contributed by atoms with E-state index in [0.29, 0.717) is 21.6 Å². The molecule has 1 aromatic heterocycles. The molecule has 9 heteroatoms. The van der Waals surface area contributed by atoms with Gasteiger partial charge in [-0.25, -0.2) is 0 Å². The minimum atomic E-state index is -0.450. The standard InChI is InChI=1S/C22H20N4O3S2/c1-14-7-9-17(10-8-14)26-12-16(11-19(26)28)20(29)23-21-24-25-22(31-21)30-13-18(27)15-5-3-2-4-6-15/h2-10,16H,11-13H2,1H3,(H,23,24,29). The molecule has 158 valence electrons. The third-order valence-electron chi connectivity index (χ3n) is 4.90. The Hall–Kier alpha value is -3.04. The minimum absolute atomic E-state index is 0.00653. The zero-order valence-corrected chi connectivity index (χ0v) is 18.4. The fraction of sp³-hybridized carbons (Fsp3) is 0.227. The summed E-state index contributed by atoms with van der Waals surface area (Å²) in [7, 11) is 0. The molecule has 1 saturated heterocycles. The van der Waals surface area contributed by atoms with Crippen molar-refractivity contribution in [2.24, 2.45) is 5.92 Å². The Morgan fingerprint density at radius 2 is 1.87 bits per heavy atom. The first-order valence-corrected chi connectivity index (χ1v) is 11.5. The summed E-state index contributed by atoms with van der Waals surface area (Å²) in [6.07, 6.45) is 0.158. The van der Waals surface area contributed by atoms with E-state index >= 15 is 0 Å². The predicted molar refractivity (Wildman–Crippen MR) is 122 cm³/mol. The number of carbonyl (C=O) groups excluding carboxylic acids is 3. The Bertz CT molecular complexity index is 1100. The van der Waals surface area contributed by atoms with E-state index in [2.05, 4.69) is 15.5 Å². The molecule has 4 rings (SSSR count). The summed E-state index contributed by atoms with van der Waals surface area (Å²) in [4.78, 5) is 38.9. The molecule has 7 nitrogen and oxygen atoms in total. The molecule has 1 N–H and O–H groups in total. The van der Waals surface area contributed by atoms with Crippen molar-refractivity contribution < 1.29 is 14.4 Å². The molecule has 0 bridgehead atoms. The van der Waals surface area contributed by atoms with Crippen LogP contribution in [0.1, 0.15) is 22.3 Å². The zero-order valence-electron chi connectivity index (χ0n) is 16.8. The number of carbonyl (C=O) groups is 3. The molecule has 0 saturated carbocycles. The quantitative estimate of drug-likeness (QED) is 0.333. The van der Waals surface area contributed by atoms with Gasteiger partial charge < -0.3 is 10.2 Å². The largest absolute Gasteiger partial charge is 0.312 e. The average molecular weight is 453 g/mol. The lowest BCUT2D eigenvalue weighted by Gasteiger charge is -2.16. The lowest BCUT2D eigenvalue weighted by molar-refractivity contribution is -0.122. The second-order valence-corrected chi connectivity index (χ2v) is 9.38. The maximum absolute atomic E-state index is 12.6. The molecule has 0 aliphatic carbocycles. The smallest absolute Gasteiger partial charge is 0.231 e. The van der Waals surface area contributed by atoms with Crippen molar-refractivity contribution in [2.45, 2.75) is 17.7 Å². The van der Waals surface area contributed by atoms with Gasteiger partial charge in [0.1, 0.15) is 0 Å². The molecular weight excluding hydrogens is 432 g/mol. The fourth-order valence-corrected chi connectivity index (χ4v) is 4.87. The summed E-state index contributed by atoms with van der Waals surface area (Å²) >= 11 is 2.50. The molecular formula is C22H20N4O3S2. The van der Waals surface area contributed by atoms with Crippen LogP contribution < -0.4 is 10.2 Å². The fourth-order valence-electron chi connectivity index (χ4n) is 3.22. The highest BCUT2D eigenvalue weighted by Crippen LogP contribution is 2.29. The number of hydrogen-bond acceptors (Lipinski definition) is 7. The van der Waals surface area contributed by atoms with Gasteiger partial charge in [0.25, 0.3) is 0 Å². The highest BCUT2D eigenvalue weighted by molar-refractivity contribution is 8.01. The predicted octanol–water partition coefficient (Wildman–Crippen LogP) is 3.81. The molecule has 2 amide bonds. The molecule has 1 aliphatic heterocycles. The van der Waals surface area contributed by atoms with Crippen LogP contribution in [0.5, 0.6) is 0 Å². The monoisotopic (exact) mass is 452 g/mol. The number of thioether (sulfide) groups is 1. The van der Waals surface area contributed by atoms with Gasteiger partial charge in [-0.05, 0) is 19.1 Å². The van der Waals surface area contributed by atoms with E-state index in [9.17, 15) is 14.4 Å². The highest BCUT2D eigenvalue weighted by atomic mass is 32.2. The number of Topliss-reactive ketones (excluding diaryl/α,β-unsaturated/α-hetero) is 1. The molecule has 2 heterocycles. The number of benzene rings is 2. The van der Waals surface area contributed by atoms with E-state index in [1.807, 2.05) is 49.4 Å². The van der Waals surface area contributed by atoms with E-state index in [-0.39, 0.29) is 29.8 Å². The van der Waals surface area contributed by atoms with Crippen LogP contribution in [0.4, 0.5) is 10.8 Å². The van der Waals surface area contributed by atoms with Gasteiger partial charge in [0.2, 0.25) is 16.9 Å². The van der Waals surface area contributed by atoms with E-state index < -0.39 is 5.92 Å². The van der Waals surface area contributed by atoms with Crippen molar-refractivity contribution in [3.05, 3.63) is 65.7 Å². The lowest BCUT2D eigenvalue weighted by atomic mass is 10.1. The van der Waals surface area contributed by atoms with Crippen LogP contribution in [-0.4, -0.2) is 40.1 Å². The number of nitrogens with one attached hydrogen (secondary N) is 1. The first-order valence-electron chi connectivity index (χ1n) is 9.72. The Morgan fingerprint density at radius 1 is 1.13 bits per heavy atom. The van der Waals surface area contributed by atoms with Crippen molar-refractivity contribution in [3.8, 4) is 0 Å². The number of hydrogen-bond donors (Lipinski definition) is 1. The number of amides is 2. The van der Waals surface area contributed by atoms with Crippen LogP contribution in [0.3, 0.4) is 0 Å². The van der Waals surface area contributed by atoms with Gasteiger partial charge in [0, 0.05) is 24.2 Å². The molecule has 1 unspecified atom stereocenters. The highest BCUT2D eigenvalue weighted by Gasteiger charge is 2.35. The van der Waals surface area contributed by atoms with Crippen molar-refractivity contribution in [3.63, 3.8) is 0 Å². The van der Waals surface area contributed by atoms with Gasteiger partial charge in [0.05, 0.1) is 11.7 Å². The summed E-state index contributed by atoms with van der Waals surface area (Å²) in [5.74, 6) is -0.525. The Morgan fingerprint density at radius 3 is 2.61 bits per heavy atom. The maximum atomic E-state index is 12.6. The third kappa shape index (κ3) is 5.18. The van der Waals surface area contributed by atoms with Gasteiger partial charge in [-0.2, -0.15) is 0 Å². The van der Waals surface area contributed by atoms with Gasteiger partial charge in [0.15, 0.2) is 10.1 Å². The van der Waals surface area contributed by atoms with Gasteiger partial charge in [-0.3, -0.25) is 14.4 Å². The summed E-state index contributed by atoms with van der Waals surface area (Å²) in [5, 5.41) is 11.1. The van der Waals surface area contributed by atoms with Crippen molar-refractivity contribution in [1.82, 2.24) is 10.2 Å². The van der Waals surface area contributed by atoms with Crippen LogP contribution in [0, 0.1) is 12.8 Å².